The number of aryl methyl sites for hydroxylation is 1. The van der Waals surface area contributed by atoms with Crippen LogP contribution >= 0.6 is 0 Å². The molecule has 1 aliphatic heterocycles. The first-order valence-corrected chi connectivity index (χ1v) is 7.04. The van der Waals surface area contributed by atoms with E-state index in [4.69, 9.17) is 0 Å². The van der Waals surface area contributed by atoms with Crippen molar-refractivity contribution in [3.63, 3.8) is 0 Å². The second-order valence-electron chi connectivity index (χ2n) is 5.46. The Morgan fingerprint density at radius 3 is 2.81 bits per heavy atom. The van der Waals surface area contributed by atoms with E-state index >= 15 is 0 Å². The van der Waals surface area contributed by atoms with Crippen molar-refractivity contribution in [3.8, 4) is 0 Å². The number of anilines is 1. The predicted octanol–water partition coefficient (Wildman–Crippen LogP) is 3.43. The lowest BCUT2D eigenvalue weighted by Gasteiger charge is -2.28. The maximum absolute atomic E-state index is 13.8. The minimum absolute atomic E-state index is 0.0286. The highest BCUT2D eigenvalue weighted by molar-refractivity contribution is 5.57. The molecule has 1 atom stereocenters. The number of nitrogens with zero attached hydrogens (tertiary/aromatic N) is 1. The molecular formula is C17H17F2NO. The van der Waals surface area contributed by atoms with Crippen LogP contribution in [0.3, 0.4) is 0 Å². The lowest BCUT2D eigenvalue weighted by Crippen LogP contribution is -2.24. The minimum Gasteiger partial charge on any atom is -0.384 e. The highest BCUT2D eigenvalue weighted by Gasteiger charge is 2.20. The fourth-order valence-corrected chi connectivity index (χ4v) is 2.89. The van der Waals surface area contributed by atoms with E-state index in [1.54, 1.807) is 6.07 Å². The number of hydrogen-bond acceptors (Lipinski definition) is 2. The standard InChI is InChI=1S/C17H17F2NO/c1-20-9-3-4-11-10-12(7-8-15(11)20)17(21)13-5-2-6-14(18)16(13)19/h2,5-8,10,17,21H,3-4,9H2,1H3. The Kier molecular flexibility index (Phi) is 3.64. The van der Waals surface area contributed by atoms with Crippen LogP contribution in [0.1, 0.15) is 29.2 Å². The zero-order valence-corrected chi connectivity index (χ0v) is 11.8. The van der Waals surface area contributed by atoms with E-state index in [-0.39, 0.29) is 5.56 Å². The second kappa shape index (κ2) is 5.45. The molecule has 0 amide bonds. The maximum atomic E-state index is 13.8. The normalized spacial score (nSPS) is 15.7. The molecule has 2 nitrogen and oxygen atoms in total. The van der Waals surface area contributed by atoms with E-state index in [9.17, 15) is 13.9 Å². The number of hydrogen-bond donors (Lipinski definition) is 1. The van der Waals surface area contributed by atoms with Gasteiger partial charge >= 0.3 is 0 Å². The van der Waals surface area contributed by atoms with Crippen LogP contribution in [-0.4, -0.2) is 18.7 Å². The summed E-state index contributed by atoms with van der Waals surface area (Å²) in [6.45, 7) is 1.01. The van der Waals surface area contributed by atoms with Crippen LogP contribution in [0.15, 0.2) is 36.4 Å². The molecular weight excluding hydrogens is 272 g/mol. The number of aliphatic hydroxyl groups is 1. The molecule has 1 aliphatic rings. The Labute approximate surface area is 122 Å². The van der Waals surface area contributed by atoms with Gasteiger partial charge in [-0.05, 0) is 36.1 Å². The molecule has 0 aromatic heterocycles. The van der Waals surface area contributed by atoms with E-state index in [2.05, 4.69) is 4.90 Å². The number of rotatable bonds is 2. The van der Waals surface area contributed by atoms with Crippen molar-refractivity contribution in [1.82, 2.24) is 0 Å². The van der Waals surface area contributed by atoms with E-state index in [0.717, 1.165) is 36.7 Å². The van der Waals surface area contributed by atoms with Gasteiger partial charge in [0.2, 0.25) is 0 Å². The summed E-state index contributed by atoms with van der Waals surface area (Å²) in [7, 11) is 2.03. The van der Waals surface area contributed by atoms with Gasteiger partial charge in [-0.1, -0.05) is 24.3 Å². The quantitative estimate of drug-likeness (QED) is 0.915. The molecule has 0 fully saturated rings. The van der Waals surface area contributed by atoms with Crippen molar-refractivity contribution >= 4 is 5.69 Å². The summed E-state index contributed by atoms with van der Waals surface area (Å²) in [5.74, 6) is -1.93. The summed E-state index contributed by atoms with van der Waals surface area (Å²) in [6, 6.07) is 9.46. The third-order valence-corrected chi connectivity index (χ3v) is 4.05. The van der Waals surface area contributed by atoms with Gasteiger partial charge in [-0.2, -0.15) is 0 Å². The third kappa shape index (κ3) is 2.51. The Morgan fingerprint density at radius 2 is 2.00 bits per heavy atom. The first-order chi connectivity index (χ1) is 10.1. The van der Waals surface area contributed by atoms with Crippen molar-refractivity contribution in [2.75, 3.05) is 18.5 Å². The SMILES string of the molecule is CN1CCCc2cc(C(O)c3cccc(F)c3F)ccc21. The second-order valence-corrected chi connectivity index (χ2v) is 5.46. The molecule has 0 saturated heterocycles. The number of aliphatic hydroxyl groups excluding tert-OH is 1. The molecule has 3 rings (SSSR count). The molecule has 110 valence electrons. The van der Waals surface area contributed by atoms with Crippen LogP contribution in [0.5, 0.6) is 0 Å². The topological polar surface area (TPSA) is 23.5 Å². The van der Waals surface area contributed by atoms with Gasteiger partial charge in [0.15, 0.2) is 11.6 Å². The zero-order chi connectivity index (χ0) is 15.0. The predicted molar refractivity (Wildman–Crippen MR) is 78.5 cm³/mol. The molecule has 0 radical (unpaired) electrons. The largest absolute Gasteiger partial charge is 0.384 e. The van der Waals surface area contributed by atoms with Gasteiger partial charge in [0, 0.05) is 24.8 Å². The summed E-state index contributed by atoms with van der Waals surface area (Å²) in [5.41, 5.74) is 2.83. The number of benzene rings is 2. The van der Waals surface area contributed by atoms with Crippen LogP contribution in [-0.2, 0) is 6.42 Å². The van der Waals surface area contributed by atoms with E-state index in [1.165, 1.54) is 12.1 Å². The molecule has 1 heterocycles. The fraction of sp³-hybridized carbons (Fsp3) is 0.294. The fourth-order valence-electron chi connectivity index (χ4n) is 2.89. The van der Waals surface area contributed by atoms with Crippen molar-refractivity contribution in [2.45, 2.75) is 18.9 Å². The lowest BCUT2D eigenvalue weighted by molar-refractivity contribution is 0.213. The molecule has 2 aromatic rings. The summed E-state index contributed by atoms with van der Waals surface area (Å²) in [6.07, 6.45) is 0.835. The molecule has 0 aliphatic carbocycles. The van der Waals surface area contributed by atoms with Crippen LogP contribution in [0.4, 0.5) is 14.5 Å². The summed E-state index contributed by atoms with van der Waals surface area (Å²) < 4.78 is 27.1. The molecule has 0 bridgehead atoms. The van der Waals surface area contributed by atoms with Gasteiger partial charge in [0.25, 0.3) is 0 Å². The molecule has 2 aromatic carbocycles. The van der Waals surface area contributed by atoms with Gasteiger partial charge in [-0.3, -0.25) is 0 Å². The van der Waals surface area contributed by atoms with Gasteiger partial charge in [-0.15, -0.1) is 0 Å². The van der Waals surface area contributed by atoms with Crippen LogP contribution in [0.25, 0.3) is 0 Å². The molecule has 21 heavy (non-hydrogen) atoms. The summed E-state index contributed by atoms with van der Waals surface area (Å²) in [5, 5.41) is 10.3. The van der Waals surface area contributed by atoms with Gasteiger partial charge in [0.1, 0.15) is 6.10 Å². The highest BCUT2D eigenvalue weighted by Crippen LogP contribution is 2.32. The maximum Gasteiger partial charge on any atom is 0.164 e. The van der Waals surface area contributed by atoms with Crippen LogP contribution < -0.4 is 4.90 Å². The van der Waals surface area contributed by atoms with Gasteiger partial charge in [-0.25, -0.2) is 8.78 Å². The van der Waals surface area contributed by atoms with Crippen molar-refractivity contribution in [1.29, 1.82) is 0 Å². The van der Waals surface area contributed by atoms with Crippen LogP contribution in [0.2, 0.25) is 0 Å². The van der Waals surface area contributed by atoms with Gasteiger partial charge in [0.05, 0.1) is 0 Å². The summed E-state index contributed by atoms with van der Waals surface area (Å²) >= 11 is 0. The lowest BCUT2D eigenvalue weighted by atomic mass is 9.94. The highest BCUT2D eigenvalue weighted by atomic mass is 19.2. The first-order valence-electron chi connectivity index (χ1n) is 7.04. The van der Waals surface area contributed by atoms with E-state index < -0.39 is 17.7 Å². The average molecular weight is 289 g/mol. The van der Waals surface area contributed by atoms with Crippen LogP contribution in [0, 0.1) is 11.6 Å². The number of halogens is 2. The average Bonchev–Trinajstić information content (AvgIpc) is 2.49. The Bertz CT molecular complexity index is 672. The van der Waals surface area contributed by atoms with E-state index in [0.29, 0.717) is 5.56 Å². The Balaban J connectivity index is 1.99. The Hall–Kier alpha value is -1.94. The smallest absolute Gasteiger partial charge is 0.164 e. The van der Waals surface area contributed by atoms with Crippen molar-refractivity contribution in [2.24, 2.45) is 0 Å². The third-order valence-electron chi connectivity index (χ3n) is 4.05. The van der Waals surface area contributed by atoms with Crippen molar-refractivity contribution in [3.05, 3.63) is 64.7 Å². The molecule has 0 spiro atoms. The minimum atomic E-state index is -1.15. The zero-order valence-electron chi connectivity index (χ0n) is 11.8. The molecule has 1 unspecified atom stereocenters. The Morgan fingerprint density at radius 1 is 1.19 bits per heavy atom. The molecule has 4 heteroatoms. The molecule has 0 saturated carbocycles. The van der Waals surface area contributed by atoms with E-state index in [1.807, 2.05) is 19.2 Å². The van der Waals surface area contributed by atoms with Gasteiger partial charge < -0.3 is 10.0 Å². The monoisotopic (exact) mass is 289 g/mol. The number of fused-ring (bicyclic) bond motifs is 1. The van der Waals surface area contributed by atoms with Crippen molar-refractivity contribution < 1.29 is 13.9 Å². The summed E-state index contributed by atoms with van der Waals surface area (Å²) in [4.78, 5) is 2.16. The molecule has 1 N–H and O–H groups in total. The first kappa shape index (κ1) is 14.0.